The van der Waals surface area contributed by atoms with Gasteiger partial charge >= 0.3 is 23.9 Å². The summed E-state index contributed by atoms with van der Waals surface area (Å²) in [6.45, 7) is 5.82. The topological polar surface area (TPSA) is 117 Å². The van der Waals surface area contributed by atoms with Crippen molar-refractivity contribution >= 4 is 23.9 Å². The van der Waals surface area contributed by atoms with Gasteiger partial charge in [0.1, 0.15) is 0 Å². The molecule has 32 heavy (non-hydrogen) atoms. The molecule has 0 spiro atoms. The Bertz CT molecular complexity index is 877. The maximum absolute atomic E-state index is 13.0. The molecule has 1 aromatic carbocycles. The third-order valence-corrected chi connectivity index (χ3v) is 4.59. The molecular weight excluding hydrogens is 418 g/mol. The highest BCUT2D eigenvalue weighted by molar-refractivity contribution is 6.00. The van der Waals surface area contributed by atoms with Gasteiger partial charge in [-0.05, 0) is 33.3 Å². The SMILES string of the molecule is CCOC(=O)COC(=O)C1=C(C)NC(C)=C(C(=O)OCC(=O)OCC)C1c1ccccc1. The van der Waals surface area contributed by atoms with Crippen LogP contribution in [0.1, 0.15) is 39.2 Å². The molecule has 1 aromatic rings. The Hall–Kier alpha value is -3.62. The number of hydrogen-bond donors (Lipinski definition) is 1. The predicted molar refractivity (Wildman–Crippen MR) is 113 cm³/mol. The van der Waals surface area contributed by atoms with Gasteiger partial charge in [-0.1, -0.05) is 30.3 Å². The molecule has 9 heteroatoms. The van der Waals surface area contributed by atoms with E-state index in [2.05, 4.69) is 5.32 Å². The summed E-state index contributed by atoms with van der Waals surface area (Å²) >= 11 is 0. The summed E-state index contributed by atoms with van der Waals surface area (Å²) in [5, 5.41) is 2.99. The van der Waals surface area contributed by atoms with Crippen molar-refractivity contribution < 1.29 is 38.1 Å². The quantitative estimate of drug-likeness (QED) is 0.450. The average Bonchev–Trinajstić information content (AvgIpc) is 2.76. The van der Waals surface area contributed by atoms with E-state index in [-0.39, 0.29) is 24.4 Å². The van der Waals surface area contributed by atoms with Crippen molar-refractivity contribution in [3.05, 3.63) is 58.4 Å². The van der Waals surface area contributed by atoms with Gasteiger partial charge in [-0.15, -0.1) is 0 Å². The maximum atomic E-state index is 13.0. The number of benzene rings is 1. The molecule has 0 saturated carbocycles. The van der Waals surface area contributed by atoms with Crippen molar-refractivity contribution in [2.75, 3.05) is 26.4 Å². The summed E-state index contributed by atoms with van der Waals surface area (Å²) in [4.78, 5) is 49.2. The minimum absolute atomic E-state index is 0.147. The van der Waals surface area contributed by atoms with E-state index in [1.165, 1.54) is 0 Å². The first kappa shape index (κ1) is 24.6. The Morgan fingerprint density at radius 2 is 1.19 bits per heavy atom. The molecule has 1 aliphatic rings. The van der Waals surface area contributed by atoms with Crippen LogP contribution >= 0.6 is 0 Å². The van der Waals surface area contributed by atoms with Crippen molar-refractivity contribution in [2.45, 2.75) is 33.6 Å². The Balaban J connectivity index is 2.37. The number of rotatable bonds is 9. The van der Waals surface area contributed by atoms with Gasteiger partial charge in [0.25, 0.3) is 0 Å². The summed E-state index contributed by atoms with van der Waals surface area (Å²) in [6, 6.07) is 8.85. The fraction of sp³-hybridized carbons (Fsp3) is 0.391. The lowest BCUT2D eigenvalue weighted by atomic mass is 9.80. The molecule has 2 rings (SSSR count). The van der Waals surface area contributed by atoms with Gasteiger partial charge in [-0.2, -0.15) is 0 Å². The highest BCUT2D eigenvalue weighted by Crippen LogP contribution is 2.39. The van der Waals surface area contributed by atoms with Crippen molar-refractivity contribution in [1.29, 1.82) is 0 Å². The third kappa shape index (κ3) is 6.19. The number of ether oxygens (including phenoxy) is 4. The first-order chi connectivity index (χ1) is 15.3. The van der Waals surface area contributed by atoms with Crippen LogP contribution in [0, 0.1) is 0 Å². The molecule has 172 valence electrons. The summed E-state index contributed by atoms with van der Waals surface area (Å²) < 4.78 is 19.9. The van der Waals surface area contributed by atoms with Crippen molar-refractivity contribution in [2.24, 2.45) is 0 Å². The van der Waals surface area contributed by atoms with E-state index in [9.17, 15) is 19.2 Å². The smallest absolute Gasteiger partial charge is 0.344 e. The standard InChI is InChI=1S/C23H27NO8/c1-5-29-17(25)12-31-22(27)19-14(3)24-15(4)20(21(19)16-10-8-7-9-11-16)23(28)32-13-18(26)30-6-2/h7-11,21,24H,5-6,12-13H2,1-4H3. The molecule has 1 heterocycles. The first-order valence-electron chi connectivity index (χ1n) is 10.2. The lowest BCUT2D eigenvalue weighted by molar-refractivity contribution is -0.157. The highest BCUT2D eigenvalue weighted by Gasteiger charge is 2.38. The largest absolute Gasteiger partial charge is 0.463 e. The van der Waals surface area contributed by atoms with Crippen LogP contribution in [0.4, 0.5) is 0 Å². The minimum atomic E-state index is -0.832. The van der Waals surface area contributed by atoms with E-state index < -0.39 is 43.0 Å². The van der Waals surface area contributed by atoms with E-state index in [1.54, 1.807) is 58.0 Å². The zero-order valence-corrected chi connectivity index (χ0v) is 18.6. The Morgan fingerprint density at radius 1 is 0.750 bits per heavy atom. The molecular formula is C23H27NO8. The van der Waals surface area contributed by atoms with Crippen molar-refractivity contribution in [3.63, 3.8) is 0 Å². The van der Waals surface area contributed by atoms with E-state index >= 15 is 0 Å². The summed E-state index contributed by atoms with van der Waals surface area (Å²) in [5.74, 6) is -3.75. The van der Waals surface area contributed by atoms with E-state index in [0.717, 1.165) is 0 Å². The second-order valence-corrected chi connectivity index (χ2v) is 6.81. The molecule has 9 nitrogen and oxygen atoms in total. The van der Waals surface area contributed by atoms with Gasteiger partial charge in [-0.25, -0.2) is 19.2 Å². The van der Waals surface area contributed by atoms with E-state index in [0.29, 0.717) is 17.0 Å². The summed E-state index contributed by atoms with van der Waals surface area (Å²) in [6.07, 6.45) is 0. The van der Waals surface area contributed by atoms with Crippen LogP contribution in [0.3, 0.4) is 0 Å². The second kappa shape index (κ2) is 11.7. The number of carbonyl (C=O) groups excluding carboxylic acids is 4. The molecule has 1 aliphatic heterocycles. The molecule has 0 aliphatic carbocycles. The molecule has 1 N–H and O–H groups in total. The first-order valence-corrected chi connectivity index (χ1v) is 10.2. The van der Waals surface area contributed by atoms with Crippen molar-refractivity contribution in [3.8, 4) is 0 Å². The third-order valence-electron chi connectivity index (χ3n) is 4.59. The number of hydrogen-bond acceptors (Lipinski definition) is 9. The minimum Gasteiger partial charge on any atom is -0.463 e. The fourth-order valence-electron chi connectivity index (χ4n) is 3.32. The second-order valence-electron chi connectivity index (χ2n) is 6.81. The van der Waals surface area contributed by atoms with Gasteiger partial charge in [0.15, 0.2) is 13.2 Å². The number of nitrogens with one attached hydrogen (secondary N) is 1. The molecule has 0 saturated heterocycles. The lowest BCUT2D eigenvalue weighted by Crippen LogP contribution is -2.33. The molecule has 0 aromatic heterocycles. The molecule has 0 atom stereocenters. The Morgan fingerprint density at radius 3 is 1.59 bits per heavy atom. The zero-order valence-electron chi connectivity index (χ0n) is 18.6. The zero-order chi connectivity index (χ0) is 23.7. The number of dihydropyridines is 1. The van der Waals surface area contributed by atoms with E-state index in [4.69, 9.17) is 18.9 Å². The fourth-order valence-corrected chi connectivity index (χ4v) is 3.32. The van der Waals surface area contributed by atoms with Crippen LogP contribution in [-0.2, 0) is 38.1 Å². The molecule has 0 bridgehead atoms. The van der Waals surface area contributed by atoms with Crippen LogP contribution in [-0.4, -0.2) is 50.3 Å². The lowest BCUT2D eigenvalue weighted by Gasteiger charge is -2.30. The van der Waals surface area contributed by atoms with Gasteiger partial charge in [0.2, 0.25) is 0 Å². The van der Waals surface area contributed by atoms with Crippen LogP contribution in [0.2, 0.25) is 0 Å². The van der Waals surface area contributed by atoms with Crippen LogP contribution < -0.4 is 5.32 Å². The number of allylic oxidation sites excluding steroid dienone is 2. The molecule has 0 radical (unpaired) electrons. The van der Waals surface area contributed by atoms with Gasteiger partial charge in [0, 0.05) is 11.4 Å². The summed E-state index contributed by atoms with van der Waals surface area (Å²) in [5.41, 5.74) is 1.86. The van der Waals surface area contributed by atoms with Crippen LogP contribution in [0.5, 0.6) is 0 Å². The molecule has 0 fully saturated rings. The Labute approximate surface area is 186 Å². The number of esters is 4. The normalized spacial score (nSPS) is 13.9. The van der Waals surface area contributed by atoms with Gasteiger partial charge in [-0.3, -0.25) is 0 Å². The van der Waals surface area contributed by atoms with Crippen molar-refractivity contribution in [1.82, 2.24) is 5.32 Å². The van der Waals surface area contributed by atoms with Crippen LogP contribution in [0.25, 0.3) is 0 Å². The predicted octanol–water partition coefficient (Wildman–Crippen LogP) is 2.13. The average molecular weight is 445 g/mol. The highest BCUT2D eigenvalue weighted by atomic mass is 16.6. The van der Waals surface area contributed by atoms with Gasteiger partial charge < -0.3 is 24.3 Å². The molecule has 0 unspecified atom stereocenters. The maximum Gasteiger partial charge on any atom is 0.344 e. The summed E-state index contributed by atoms with van der Waals surface area (Å²) in [7, 11) is 0. The Kier molecular flexibility index (Phi) is 9.00. The van der Waals surface area contributed by atoms with Crippen LogP contribution in [0.15, 0.2) is 52.9 Å². The monoisotopic (exact) mass is 445 g/mol. The van der Waals surface area contributed by atoms with E-state index in [1.807, 2.05) is 0 Å². The van der Waals surface area contributed by atoms with Gasteiger partial charge in [0.05, 0.1) is 30.3 Å². The number of carbonyl (C=O) groups is 4. The molecule has 0 amide bonds.